The number of nitrogens with zero attached hydrogens (tertiary/aromatic N) is 4. The number of nitrogens with one attached hydrogen (secondary N) is 1. The summed E-state index contributed by atoms with van der Waals surface area (Å²) in [5.41, 5.74) is 0.885. The molecule has 1 heterocycles. The number of hydrogen-bond donors (Lipinski definition) is 1. The summed E-state index contributed by atoms with van der Waals surface area (Å²) in [5, 5.41) is 14.9. The SMILES string of the molecule is O=C(CSc1nnnn1-c1cccc(F)c1)Nc1cccc(Cl)c1Cl. The largest absolute Gasteiger partial charge is 0.324 e. The molecular formula is C15H10Cl2FN5OS. The van der Waals surface area contributed by atoms with Gasteiger partial charge in [-0.05, 0) is 40.8 Å². The summed E-state index contributed by atoms with van der Waals surface area (Å²) in [6.07, 6.45) is 0. The molecule has 0 unspecified atom stereocenters. The normalized spacial score (nSPS) is 10.7. The van der Waals surface area contributed by atoms with Crippen molar-refractivity contribution < 1.29 is 9.18 Å². The molecule has 0 fully saturated rings. The van der Waals surface area contributed by atoms with Crippen LogP contribution in [0, 0.1) is 5.82 Å². The van der Waals surface area contributed by atoms with Crippen molar-refractivity contribution in [3.63, 3.8) is 0 Å². The Hall–Kier alpha value is -2.16. The molecule has 0 bridgehead atoms. The summed E-state index contributed by atoms with van der Waals surface area (Å²) in [4.78, 5) is 12.1. The van der Waals surface area contributed by atoms with Gasteiger partial charge >= 0.3 is 0 Å². The highest BCUT2D eigenvalue weighted by molar-refractivity contribution is 7.99. The molecule has 1 aromatic heterocycles. The van der Waals surface area contributed by atoms with Gasteiger partial charge in [0.05, 0.1) is 27.2 Å². The minimum absolute atomic E-state index is 0.0402. The van der Waals surface area contributed by atoms with E-state index in [9.17, 15) is 9.18 Å². The fourth-order valence-corrected chi connectivity index (χ4v) is 2.99. The molecule has 0 saturated heterocycles. The van der Waals surface area contributed by atoms with Crippen LogP contribution in [0.1, 0.15) is 0 Å². The molecule has 0 spiro atoms. The molecular weight excluding hydrogens is 388 g/mol. The molecule has 0 saturated carbocycles. The lowest BCUT2D eigenvalue weighted by atomic mass is 10.3. The lowest BCUT2D eigenvalue weighted by Gasteiger charge is -2.08. The maximum absolute atomic E-state index is 13.3. The molecule has 0 aliphatic carbocycles. The van der Waals surface area contributed by atoms with Crippen LogP contribution >= 0.6 is 35.0 Å². The van der Waals surface area contributed by atoms with Crippen LogP contribution in [0.25, 0.3) is 5.69 Å². The monoisotopic (exact) mass is 397 g/mol. The van der Waals surface area contributed by atoms with Gasteiger partial charge in [-0.3, -0.25) is 4.79 Å². The third kappa shape index (κ3) is 4.28. The summed E-state index contributed by atoms with van der Waals surface area (Å²) >= 11 is 13.0. The van der Waals surface area contributed by atoms with Gasteiger partial charge in [-0.25, -0.2) is 4.39 Å². The molecule has 0 atom stereocenters. The van der Waals surface area contributed by atoms with Gasteiger partial charge in [0.1, 0.15) is 5.82 Å². The van der Waals surface area contributed by atoms with Crippen molar-refractivity contribution in [2.24, 2.45) is 0 Å². The fourth-order valence-electron chi connectivity index (χ4n) is 1.96. The molecule has 3 rings (SSSR count). The lowest BCUT2D eigenvalue weighted by Crippen LogP contribution is -2.15. The van der Waals surface area contributed by atoms with Gasteiger partial charge in [0.25, 0.3) is 0 Å². The van der Waals surface area contributed by atoms with Crippen molar-refractivity contribution in [3.8, 4) is 5.69 Å². The van der Waals surface area contributed by atoms with Gasteiger partial charge in [-0.15, -0.1) is 5.10 Å². The second-order valence-corrected chi connectivity index (χ2v) is 6.52. The zero-order valence-electron chi connectivity index (χ0n) is 12.5. The Kier molecular flexibility index (Phi) is 5.52. The maximum Gasteiger partial charge on any atom is 0.234 e. The molecule has 0 radical (unpaired) electrons. The number of amides is 1. The first-order valence-electron chi connectivity index (χ1n) is 6.95. The van der Waals surface area contributed by atoms with E-state index in [1.807, 2.05) is 0 Å². The molecule has 3 aromatic rings. The van der Waals surface area contributed by atoms with Crippen LogP contribution in [0.4, 0.5) is 10.1 Å². The van der Waals surface area contributed by atoms with E-state index < -0.39 is 5.82 Å². The number of benzene rings is 2. The van der Waals surface area contributed by atoms with Gasteiger partial charge in [0.15, 0.2) is 0 Å². The third-order valence-electron chi connectivity index (χ3n) is 3.05. The van der Waals surface area contributed by atoms with Crippen LogP contribution in [0.15, 0.2) is 47.6 Å². The van der Waals surface area contributed by atoms with E-state index in [1.165, 1.54) is 16.8 Å². The van der Waals surface area contributed by atoms with E-state index in [0.29, 0.717) is 21.6 Å². The topological polar surface area (TPSA) is 72.7 Å². The average molecular weight is 398 g/mol. The Morgan fingerprint density at radius 2 is 2.04 bits per heavy atom. The van der Waals surface area contributed by atoms with Gasteiger partial charge in [-0.2, -0.15) is 4.68 Å². The third-order valence-corrected chi connectivity index (χ3v) is 4.79. The predicted molar refractivity (Wildman–Crippen MR) is 94.9 cm³/mol. The van der Waals surface area contributed by atoms with Crippen LogP contribution in [0.5, 0.6) is 0 Å². The van der Waals surface area contributed by atoms with Gasteiger partial charge in [-0.1, -0.05) is 47.1 Å². The minimum atomic E-state index is -0.405. The molecule has 1 N–H and O–H groups in total. The van der Waals surface area contributed by atoms with Crippen molar-refractivity contribution in [1.82, 2.24) is 20.2 Å². The number of tetrazole rings is 1. The molecule has 2 aromatic carbocycles. The number of carbonyl (C=O) groups excluding carboxylic acids is 1. The summed E-state index contributed by atoms with van der Waals surface area (Å²) in [5.74, 6) is -0.668. The quantitative estimate of drug-likeness (QED) is 0.662. The predicted octanol–water partition coefficient (Wildman–Crippen LogP) is 3.84. The first kappa shape index (κ1) is 17.7. The van der Waals surface area contributed by atoms with Crippen LogP contribution in [-0.4, -0.2) is 31.9 Å². The van der Waals surface area contributed by atoms with Crippen molar-refractivity contribution in [2.75, 3.05) is 11.1 Å². The van der Waals surface area contributed by atoms with Crippen LogP contribution in [0.3, 0.4) is 0 Å². The van der Waals surface area contributed by atoms with Crippen molar-refractivity contribution >= 4 is 46.6 Å². The highest BCUT2D eigenvalue weighted by Gasteiger charge is 2.13. The molecule has 10 heteroatoms. The number of halogens is 3. The summed E-state index contributed by atoms with van der Waals surface area (Å²) < 4.78 is 14.7. The number of carbonyl (C=O) groups is 1. The zero-order valence-corrected chi connectivity index (χ0v) is 14.8. The Morgan fingerprint density at radius 1 is 1.24 bits per heavy atom. The summed E-state index contributed by atoms with van der Waals surface area (Å²) in [6.45, 7) is 0. The number of hydrogen-bond acceptors (Lipinski definition) is 5. The van der Waals surface area contributed by atoms with E-state index in [4.69, 9.17) is 23.2 Å². The van der Waals surface area contributed by atoms with Gasteiger partial charge in [0.2, 0.25) is 11.1 Å². The number of anilines is 1. The first-order chi connectivity index (χ1) is 12.0. The van der Waals surface area contributed by atoms with Crippen LogP contribution in [-0.2, 0) is 4.79 Å². The molecule has 128 valence electrons. The minimum Gasteiger partial charge on any atom is -0.324 e. The van der Waals surface area contributed by atoms with E-state index in [2.05, 4.69) is 20.8 Å². The summed E-state index contributed by atoms with van der Waals surface area (Å²) in [7, 11) is 0. The number of rotatable bonds is 5. The second-order valence-electron chi connectivity index (χ2n) is 4.79. The molecule has 25 heavy (non-hydrogen) atoms. The smallest absolute Gasteiger partial charge is 0.234 e. The molecule has 6 nitrogen and oxygen atoms in total. The number of thioether (sulfide) groups is 1. The van der Waals surface area contributed by atoms with E-state index >= 15 is 0 Å². The second kappa shape index (κ2) is 7.81. The molecule has 1 amide bonds. The van der Waals surface area contributed by atoms with E-state index in [-0.39, 0.29) is 16.7 Å². The van der Waals surface area contributed by atoms with Crippen LogP contribution < -0.4 is 5.32 Å². The maximum atomic E-state index is 13.3. The Bertz CT molecular complexity index is 920. The average Bonchev–Trinajstić information content (AvgIpc) is 3.06. The standard InChI is InChI=1S/C15H10Cl2FN5OS/c16-11-5-2-6-12(14(11)17)19-13(24)8-25-15-20-21-22-23(15)10-4-1-3-9(18)7-10/h1-7H,8H2,(H,19,24). The van der Waals surface area contributed by atoms with E-state index in [1.54, 1.807) is 30.3 Å². The van der Waals surface area contributed by atoms with Crippen LogP contribution in [0.2, 0.25) is 10.0 Å². The summed E-state index contributed by atoms with van der Waals surface area (Å²) in [6, 6.07) is 10.8. The van der Waals surface area contributed by atoms with Crippen molar-refractivity contribution in [1.29, 1.82) is 0 Å². The number of aromatic nitrogens is 4. The van der Waals surface area contributed by atoms with Crippen molar-refractivity contribution in [2.45, 2.75) is 5.16 Å². The zero-order chi connectivity index (χ0) is 17.8. The Labute approximate surface area is 156 Å². The first-order valence-corrected chi connectivity index (χ1v) is 8.70. The Balaban J connectivity index is 1.67. The highest BCUT2D eigenvalue weighted by Crippen LogP contribution is 2.29. The molecule has 0 aliphatic heterocycles. The van der Waals surface area contributed by atoms with E-state index in [0.717, 1.165) is 11.8 Å². The fraction of sp³-hybridized carbons (Fsp3) is 0.0667. The van der Waals surface area contributed by atoms with Crippen molar-refractivity contribution in [3.05, 3.63) is 58.3 Å². The highest BCUT2D eigenvalue weighted by atomic mass is 35.5. The molecule has 0 aliphatic rings. The van der Waals surface area contributed by atoms with Gasteiger partial charge < -0.3 is 5.32 Å². The lowest BCUT2D eigenvalue weighted by molar-refractivity contribution is -0.113. The Morgan fingerprint density at radius 3 is 2.84 bits per heavy atom. The van der Waals surface area contributed by atoms with Gasteiger partial charge in [0, 0.05) is 0 Å².